The van der Waals surface area contributed by atoms with Crippen LogP contribution in [0.2, 0.25) is 5.02 Å². The lowest BCUT2D eigenvalue weighted by molar-refractivity contribution is 0.300. The van der Waals surface area contributed by atoms with Gasteiger partial charge in [0.15, 0.2) is 0 Å². The number of allylic oxidation sites excluding steroid dienone is 1. The highest BCUT2D eigenvalue weighted by molar-refractivity contribution is 6.30. The van der Waals surface area contributed by atoms with E-state index in [2.05, 4.69) is 28.1 Å². The molecule has 0 saturated carbocycles. The number of aromatic nitrogens is 1. The Balaban J connectivity index is 1.81. The smallest absolute Gasteiger partial charge is 0.119 e. The molecular formula is C21H21ClN2O2. The Kier molecular flexibility index (Phi) is 5.64. The van der Waals surface area contributed by atoms with Crippen molar-refractivity contribution in [1.82, 2.24) is 4.57 Å². The van der Waals surface area contributed by atoms with E-state index in [0.29, 0.717) is 17.3 Å². The average Bonchev–Trinajstić information content (AvgIpc) is 3.00. The van der Waals surface area contributed by atoms with Crippen LogP contribution in [0.1, 0.15) is 19.4 Å². The first-order valence-electron chi connectivity index (χ1n) is 8.42. The van der Waals surface area contributed by atoms with E-state index in [1.54, 1.807) is 6.92 Å². The zero-order chi connectivity index (χ0) is 18.5. The summed E-state index contributed by atoms with van der Waals surface area (Å²) >= 11 is 5.89. The molecule has 0 aliphatic carbocycles. The number of oxime groups is 1. The number of hydrogen-bond donors (Lipinski definition) is 1. The lowest BCUT2D eigenvalue weighted by Gasteiger charge is -2.08. The summed E-state index contributed by atoms with van der Waals surface area (Å²) in [5.41, 5.74) is 3.76. The fraction of sp³-hybridized carbons (Fsp3) is 0.190. The fourth-order valence-corrected chi connectivity index (χ4v) is 2.91. The Morgan fingerprint density at radius 1 is 1.15 bits per heavy atom. The number of benzene rings is 2. The Morgan fingerprint density at radius 2 is 1.88 bits per heavy atom. The van der Waals surface area contributed by atoms with Gasteiger partial charge in [0.25, 0.3) is 0 Å². The third-order valence-corrected chi connectivity index (χ3v) is 4.58. The number of hydrogen-bond acceptors (Lipinski definition) is 3. The lowest BCUT2D eigenvalue weighted by atomic mass is 10.1. The van der Waals surface area contributed by atoms with Crippen LogP contribution in [-0.4, -0.2) is 22.1 Å². The Morgan fingerprint density at radius 3 is 2.62 bits per heavy atom. The van der Waals surface area contributed by atoms with Gasteiger partial charge < -0.3 is 14.5 Å². The summed E-state index contributed by atoms with van der Waals surface area (Å²) in [6.07, 6.45) is 4.14. The number of fused-ring (bicyclic) bond motifs is 1. The van der Waals surface area contributed by atoms with E-state index < -0.39 is 0 Å². The van der Waals surface area contributed by atoms with Gasteiger partial charge in [-0.2, -0.15) is 0 Å². The number of para-hydroxylation sites is 1. The third-order valence-electron chi connectivity index (χ3n) is 4.33. The largest absolute Gasteiger partial charge is 0.492 e. The summed E-state index contributed by atoms with van der Waals surface area (Å²) in [4.78, 5) is 0. The van der Waals surface area contributed by atoms with Crippen molar-refractivity contribution in [2.45, 2.75) is 20.4 Å². The normalized spacial score (nSPS) is 12.6. The van der Waals surface area contributed by atoms with Crippen molar-refractivity contribution in [3.05, 3.63) is 70.9 Å². The van der Waals surface area contributed by atoms with Crippen LogP contribution < -0.4 is 4.74 Å². The monoisotopic (exact) mass is 368 g/mol. The highest BCUT2D eigenvalue weighted by atomic mass is 35.5. The number of rotatable bonds is 6. The van der Waals surface area contributed by atoms with Crippen molar-refractivity contribution in [2.75, 3.05) is 6.61 Å². The molecule has 0 bridgehead atoms. The maximum atomic E-state index is 8.96. The van der Waals surface area contributed by atoms with Crippen molar-refractivity contribution in [1.29, 1.82) is 0 Å². The van der Waals surface area contributed by atoms with Gasteiger partial charge in [-0.1, -0.05) is 35.0 Å². The zero-order valence-electron chi connectivity index (χ0n) is 14.8. The molecule has 0 spiro atoms. The maximum absolute atomic E-state index is 8.96. The van der Waals surface area contributed by atoms with E-state index in [-0.39, 0.29) is 0 Å². The van der Waals surface area contributed by atoms with Gasteiger partial charge in [0.2, 0.25) is 0 Å². The molecule has 0 amide bonds. The predicted octanol–water partition coefficient (Wildman–Crippen LogP) is 5.63. The zero-order valence-corrected chi connectivity index (χ0v) is 15.6. The van der Waals surface area contributed by atoms with Gasteiger partial charge in [-0.25, -0.2) is 0 Å². The van der Waals surface area contributed by atoms with E-state index in [0.717, 1.165) is 34.3 Å². The van der Waals surface area contributed by atoms with Crippen LogP contribution in [-0.2, 0) is 6.54 Å². The Bertz CT molecular complexity index is 956. The molecule has 1 N–H and O–H groups in total. The van der Waals surface area contributed by atoms with E-state index in [1.807, 2.05) is 49.4 Å². The summed E-state index contributed by atoms with van der Waals surface area (Å²) in [6.45, 7) is 5.00. The Hall–Kier alpha value is -2.72. The molecule has 4 nitrogen and oxygen atoms in total. The minimum Gasteiger partial charge on any atom is -0.492 e. The molecule has 0 unspecified atom stereocenters. The second kappa shape index (κ2) is 8.11. The molecule has 3 aromatic rings. The lowest BCUT2D eigenvalue weighted by Crippen LogP contribution is -2.07. The van der Waals surface area contributed by atoms with E-state index in [1.165, 1.54) is 0 Å². The number of halogens is 1. The minimum atomic E-state index is 0.555. The van der Waals surface area contributed by atoms with Crippen LogP contribution >= 0.6 is 11.6 Å². The molecule has 2 aromatic carbocycles. The SMILES string of the molecule is CC(=C/c1cn(CCOc2ccc(Cl)cc2)c2ccccc12)/C(C)=N/O. The van der Waals surface area contributed by atoms with Crippen molar-refractivity contribution >= 4 is 34.3 Å². The molecule has 0 radical (unpaired) electrons. The summed E-state index contributed by atoms with van der Waals surface area (Å²) < 4.78 is 7.99. The van der Waals surface area contributed by atoms with Gasteiger partial charge in [-0.05, 0) is 55.8 Å². The van der Waals surface area contributed by atoms with Crippen molar-refractivity contribution in [3.8, 4) is 5.75 Å². The Labute approximate surface area is 158 Å². The van der Waals surface area contributed by atoms with E-state index >= 15 is 0 Å². The van der Waals surface area contributed by atoms with Gasteiger partial charge in [-0.3, -0.25) is 0 Å². The van der Waals surface area contributed by atoms with Crippen LogP contribution in [0.3, 0.4) is 0 Å². The first-order valence-corrected chi connectivity index (χ1v) is 8.80. The quantitative estimate of drug-likeness (QED) is 0.348. The molecule has 26 heavy (non-hydrogen) atoms. The molecule has 134 valence electrons. The highest BCUT2D eigenvalue weighted by Gasteiger charge is 2.08. The standard InChI is InChI=1S/C21H21ClN2O2/c1-15(16(2)23-25)13-17-14-24(21-6-4-3-5-20(17)21)11-12-26-19-9-7-18(22)8-10-19/h3-10,13-14,25H,11-12H2,1-2H3/b15-13-,23-16+. The average molecular weight is 369 g/mol. The van der Waals surface area contributed by atoms with E-state index in [9.17, 15) is 0 Å². The summed E-state index contributed by atoms with van der Waals surface area (Å²) in [5.74, 6) is 0.802. The van der Waals surface area contributed by atoms with Crippen LogP contribution in [0, 0.1) is 0 Å². The molecule has 5 heteroatoms. The van der Waals surface area contributed by atoms with Gasteiger partial charge in [0.1, 0.15) is 12.4 Å². The number of nitrogens with zero attached hydrogens (tertiary/aromatic N) is 2. The molecule has 0 saturated heterocycles. The molecule has 0 aliphatic heterocycles. The molecule has 0 atom stereocenters. The van der Waals surface area contributed by atoms with E-state index in [4.69, 9.17) is 21.5 Å². The second-order valence-corrected chi connectivity index (χ2v) is 6.55. The van der Waals surface area contributed by atoms with Crippen LogP contribution in [0.5, 0.6) is 5.75 Å². The molecular weight excluding hydrogens is 348 g/mol. The van der Waals surface area contributed by atoms with Gasteiger partial charge in [0.05, 0.1) is 12.3 Å². The van der Waals surface area contributed by atoms with Crippen molar-refractivity contribution in [3.63, 3.8) is 0 Å². The molecule has 0 fully saturated rings. The summed E-state index contributed by atoms with van der Waals surface area (Å²) in [7, 11) is 0. The predicted molar refractivity (Wildman–Crippen MR) is 107 cm³/mol. The maximum Gasteiger partial charge on any atom is 0.119 e. The van der Waals surface area contributed by atoms with Crippen LogP contribution in [0.4, 0.5) is 0 Å². The van der Waals surface area contributed by atoms with Crippen LogP contribution in [0.15, 0.2) is 65.5 Å². The summed E-state index contributed by atoms with van der Waals surface area (Å²) in [6, 6.07) is 15.6. The molecule has 1 aromatic heterocycles. The molecule has 0 aliphatic rings. The molecule has 3 rings (SSSR count). The first kappa shape index (κ1) is 18.1. The van der Waals surface area contributed by atoms with Crippen molar-refractivity contribution < 1.29 is 9.94 Å². The van der Waals surface area contributed by atoms with Gasteiger partial charge in [-0.15, -0.1) is 0 Å². The molecule has 1 heterocycles. The second-order valence-electron chi connectivity index (χ2n) is 6.11. The highest BCUT2D eigenvalue weighted by Crippen LogP contribution is 2.24. The minimum absolute atomic E-state index is 0.555. The topological polar surface area (TPSA) is 46.8 Å². The van der Waals surface area contributed by atoms with Gasteiger partial charge in [0, 0.05) is 27.7 Å². The first-order chi connectivity index (χ1) is 12.6. The van der Waals surface area contributed by atoms with Crippen molar-refractivity contribution in [2.24, 2.45) is 5.16 Å². The summed E-state index contributed by atoms with van der Waals surface area (Å²) in [5, 5.41) is 14.1. The van der Waals surface area contributed by atoms with Crippen LogP contribution in [0.25, 0.3) is 17.0 Å². The third kappa shape index (κ3) is 4.09. The van der Waals surface area contributed by atoms with Gasteiger partial charge >= 0.3 is 0 Å². The fourth-order valence-electron chi connectivity index (χ4n) is 2.78. The number of ether oxygens (including phenoxy) is 1.